The van der Waals surface area contributed by atoms with Gasteiger partial charge in [-0.2, -0.15) is 0 Å². The van der Waals surface area contributed by atoms with Crippen molar-refractivity contribution in [1.29, 1.82) is 0 Å². The number of aliphatic hydroxyl groups excluding tert-OH is 2. The lowest BCUT2D eigenvalue weighted by atomic mass is 10.0. The number of nitrogens with one attached hydrogen (secondary N) is 1. The van der Waals surface area contributed by atoms with Crippen LogP contribution in [0.2, 0.25) is 0 Å². The van der Waals surface area contributed by atoms with Crippen molar-refractivity contribution in [3.63, 3.8) is 0 Å². The van der Waals surface area contributed by atoms with Crippen LogP contribution in [0.15, 0.2) is 48.6 Å². The predicted molar refractivity (Wildman–Crippen MR) is 356 cm³/mol. The van der Waals surface area contributed by atoms with E-state index in [1.165, 1.54) is 315 Å². The zero-order valence-corrected chi connectivity index (χ0v) is 54.5. The van der Waals surface area contributed by atoms with Crippen molar-refractivity contribution in [2.24, 2.45) is 0 Å². The molecule has 0 heterocycles. The predicted octanol–water partition coefficient (Wildman–Crippen LogP) is 23.6. The Morgan fingerprint density at radius 3 is 0.975 bits per heavy atom. The minimum absolute atomic E-state index is 0.00723. The molecule has 6 heteroatoms. The Morgan fingerprint density at radius 2 is 0.617 bits per heavy atom. The number of carbonyl (C=O) groups excluding carboxylic acids is 2. The fourth-order valence-electron chi connectivity index (χ4n) is 11.3. The number of esters is 1. The summed E-state index contributed by atoms with van der Waals surface area (Å²) in [4.78, 5) is 24.6. The van der Waals surface area contributed by atoms with Gasteiger partial charge in [-0.3, -0.25) is 9.59 Å². The van der Waals surface area contributed by atoms with Gasteiger partial charge in [0.25, 0.3) is 0 Å². The highest BCUT2D eigenvalue weighted by molar-refractivity contribution is 5.76. The van der Waals surface area contributed by atoms with Crippen LogP contribution in [0.1, 0.15) is 393 Å². The lowest BCUT2D eigenvalue weighted by molar-refractivity contribution is -0.143. The number of hydrogen-bond donors (Lipinski definition) is 3. The quantitative estimate of drug-likeness (QED) is 0.0320. The van der Waals surface area contributed by atoms with Gasteiger partial charge in [0.05, 0.1) is 25.4 Å². The second-order valence-electron chi connectivity index (χ2n) is 24.9. The van der Waals surface area contributed by atoms with Gasteiger partial charge in [0.1, 0.15) is 0 Å². The van der Waals surface area contributed by atoms with Crippen LogP contribution in [0.3, 0.4) is 0 Å². The summed E-state index contributed by atoms with van der Waals surface area (Å²) in [6.45, 7) is 4.91. The van der Waals surface area contributed by atoms with Crippen molar-refractivity contribution in [3.05, 3.63) is 48.6 Å². The highest BCUT2D eigenvalue weighted by Crippen LogP contribution is 2.18. The molecule has 2 unspecified atom stereocenters. The summed E-state index contributed by atoms with van der Waals surface area (Å²) >= 11 is 0. The van der Waals surface area contributed by atoms with Crippen LogP contribution < -0.4 is 5.32 Å². The van der Waals surface area contributed by atoms with Crippen molar-refractivity contribution in [3.8, 4) is 0 Å². The van der Waals surface area contributed by atoms with Crippen molar-refractivity contribution < 1.29 is 24.5 Å². The van der Waals surface area contributed by atoms with Gasteiger partial charge in [-0.25, -0.2) is 0 Å². The molecule has 0 aliphatic heterocycles. The van der Waals surface area contributed by atoms with E-state index < -0.39 is 12.1 Å². The average Bonchev–Trinajstić information content (AvgIpc) is 3.47. The third kappa shape index (κ3) is 66.8. The van der Waals surface area contributed by atoms with Gasteiger partial charge in [-0.15, -0.1) is 0 Å². The fraction of sp³-hybridized carbons (Fsp3) is 0.867. The van der Waals surface area contributed by atoms with Crippen molar-refractivity contribution in [2.75, 3.05) is 13.2 Å². The molecule has 0 radical (unpaired) electrons. The van der Waals surface area contributed by atoms with E-state index in [4.69, 9.17) is 4.74 Å². The molecule has 476 valence electrons. The first-order valence-corrected chi connectivity index (χ1v) is 36.4. The molecule has 0 aliphatic rings. The SMILES string of the molecule is CCCCC/C=C\C/C=C\CCCCCCCCCC(=O)OCCCCCCCCCCCCCC/C=C\CCCCCCCCCCCCCC(=O)NC(CO)C(O)/C=C/CCCCCCCCCCCCCCCCCCCC. The lowest BCUT2D eigenvalue weighted by Crippen LogP contribution is -2.45. The minimum Gasteiger partial charge on any atom is -0.466 e. The van der Waals surface area contributed by atoms with Crippen LogP contribution in [-0.4, -0.2) is 47.4 Å². The van der Waals surface area contributed by atoms with Gasteiger partial charge < -0.3 is 20.3 Å². The molecule has 0 saturated carbocycles. The topological polar surface area (TPSA) is 95.9 Å². The minimum atomic E-state index is -0.847. The first kappa shape index (κ1) is 78.8. The van der Waals surface area contributed by atoms with Crippen LogP contribution in [-0.2, 0) is 14.3 Å². The zero-order valence-electron chi connectivity index (χ0n) is 54.5. The van der Waals surface area contributed by atoms with Gasteiger partial charge >= 0.3 is 5.97 Å². The van der Waals surface area contributed by atoms with Crippen LogP contribution in [0, 0.1) is 0 Å². The van der Waals surface area contributed by atoms with E-state index in [-0.39, 0.29) is 18.5 Å². The summed E-state index contributed by atoms with van der Waals surface area (Å²) < 4.78 is 5.50. The largest absolute Gasteiger partial charge is 0.466 e. The maximum Gasteiger partial charge on any atom is 0.305 e. The fourth-order valence-corrected chi connectivity index (χ4v) is 11.3. The van der Waals surface area contributed by atoms with Crippen molar-refractivity contribution in [2.45, 2.75) is 405 Å². The van der Waals surface area contributed by atoms with Crippen LogP contribution in [0.5, 0.6) is 0 Å². The highest BCUT2D eigenvalue weighted by atomic mass is 16.5. The van der Waals surface area contributed by atoms with Gasteiger partial charge in [0.2, 0.25) is 5.91 Å². The Balaban J connectivity index is 3.41. The molecule has 0 aliphatic carbocycles. The van der Waals surface area contributed by atoms with E-state index in [9.17, 15) is 19.8 Å². The summed E-state index contributed by atoms with van der Waals surface area (Å²) in [5.41, 5.74) is 0. The number of amides is 1. The molecular formula is C75H141NO5. The summed E-state index contributed by atoms with van der Waals surface area (Å²) in [6.07, 6.45) is 91.9. The third-order valence-electron chi connectivity index (χ3n) is 16.8. The first-order valence-electron chi connectivity index (χ1n) is 36.4. The molecule has 0 rings (SSSR count). The molecule has 0 fully saturated rings. The number of allylic oxidation sites excluding steroid dienone is 7. The molecule has 81 heavy (non-hydrogen) atoms. The van der Waals surface area contributed by atoms with E-state index in [0.717, 1.165) is 51.4 Å². The smallest absolute Gasteiger partial charge is 0.305 e. The Hall–Kier alpha value is -2.18. The van der Waals surface area contributed by atoms with Crippen LogP contribution in [0.4, 0.5) is 0 Å². The molecule has 6 nitrogen and oxygen atoms in total. The highest BCUT2D eigenvalue weighted by Gasteiger charge is 2.18. The molecule has 1 amide bonds. The van der Waals surface area contributed by atoms with E-state index in [0.29, 0.717) is 19.4 Å². The van der Waals surface area contributed by atoms with Gasteiger partial charge in [-0.1, -0.05) is 339 Å². The Kier molecular flexibility index (Phi) is 68.4. The zero-order chi connectivity index (χ0) is 58.5. The number of unbranched alkanes of at least 4 members (excludes halogenated alkanes) is 51. The number of carbonyl (C=O) groups is 2. The van der Waals surface area contributed by atoms with E-state index >= 15 is 0 Å². The average molecular weight is 1140 g/mol. The second-order valence-corrected chi connectivity index (χ2v) is 24.9. The maximum absolute atomic E-state index is 12.5. The standard InChI is InChI=1S/C75H141NO5/c1-3-5-7-9-11-13-15-17-19-21-22-32-36-39-43-47-51-55-59-63-67-73(78)72(71-77)76-74(79)68-64-60-56-52-48-44-40-37-33-30-28-26-24-23-25-27-29-31-34-38-42-46-50-54-58-62-66-70-81-75(80)69-65-61-57-53-49-45-41-35-20-18-16-14-12-10-8-6-4-2/h12,14,18,20,23-24,63,67,72-73,77-78H,3-11,13,15-17,19,21-22,25-62,64-66,68-71H2,1-2H3,(H,76,79)/b14-12-,20-18-,24-23-,67-63+. The molecule has 2 atom stereocenters. The molecular weight excluding hydrogens is 995 g/mol. The molecule has 0 bridgehead atoms. The second kappa shape index (κ2) is 70.3. The van der Waals surface area contributed by atoms with Crippen molar-refractivity contribution in [1.82, 2.24) is 5.32 Å². The third-order valence-corrected chi connectivity index (χ3v) is 16.8. The molecule has 0 aromatic carbocycles. The summed E-state index contributed by atoms with van der Waals surface area (Å²) in [6, 6.07) is -0.630. The summed E-state index contributed by atoms with van der Waals surface area (Å²) in [5.74, 6) is -0.0585. The molecule has 3 N–H and O–H groups in total. The number of aliphatic hydroxyl groups is 2. The monoisotopic (exact) mass is 1140 g/mol. The van der Waals surface area contributed by atoms with E-state index in [1.807, 2.05) is 6.08 Å². The number of rotatable bonds is 68. The Bertz CT molecular complexity index is 1360. The molecule has 0 saturated heterocycles. The van der Waals surface area contributed by atoms with Crippen LogP contribution >= 0.6 is 0 Å². The van der Waals surface area contributed by atoms with E-state index in [1.54, 1.807) is 6.08 Å². The van der Waals surface area contributed by atoms with Gasteiger partial charge in [0, 0.05) is 12.8 Å². The van der Waals surface area contributed by atoms with Crippen molar-refractivity contribution >= 4 is 11.9 Å². The van der Waals surface area contributed by atoms with Gasteiger partial charge in [-0.05, 0) is 89.9 Å². The first-order chi connectivity index (χ1) is 40.0. The molecule has 0 aromatic heterocycles. The Labute approximate surface area is 506 Å². The van der Waals surface area contributed by atoms with Gasteiger partial charge in [0.15, 0.2) is 0 Å². The Morgan fingerprint density at radius 1 is 0.346 bits per heavy atom. The lowest BCUT2D eigenvalue weighted by Gasteiger charge is -2.20. The molecule has 0 spiro atoms. The normalized spacial score (nSPS) is 12.8. The van der Waals surface area contributed by atoms with E-state index in [2.05, 4.69) is 55.6 Å². The number of hydrogen-bond acceptors (Lipinski definition) is 5. The summed E-state index contributed by atoms with van der Waals surface area (Å²) in [5, 5.41) is 23.2. The number of ether oxygens (including phenoxy) is 1. The molecule has 0 aromatic rings. The van der Waals surface area contributed by atoms with Crippen LogP contribution in [0.25, 0.3) is 0 Å². The summed E-state index contributed by atoms with van der Waals surface area (Å²) in [7, 11) is 0. The maximum atomic E-state index is 12.5.